The van der Waals surface area contributed by atoms with E-state index < -0.39 is 12.6 Å². The van der Waals surface area contributed by atoms with Gasteiger partial charge in [-0.15, -0.1) is 11.3 Å². The number of benzene rings is 1. The standard InChI is InChI=1S/C21H25NO5S/c1-4-22(5-2)20(23)11-15(3)16-8-9-18(19(12-16)27-14-21(24)25)26-13-17-7-6-10-28-17/h6-12H,4-5,13-14H2,1-3H3,(H,24,25)/b15-11+. The first-order valence-electron chi connectivity index (χ1n) is 9.06. The number of likely N-dealkylation sites (N-methyl/N-ethyl adjacent to an activating group) is 1. The van der Waals surface area contributed by atoms with Crippen LogP contribution in [0.15, 0.2) is 41.8 Å². The average molecular weight is 404 g/mol. The van der Waals surface area contributed by atoms with Crippen LogP contribution >= 0.6 is 11.3 Å². The van der Waals surface area contributed by atoms with E-state index in [1.165, 1.54) is 0 Å². The molecule has 28 heavy (non-hydrogen) atoms. The molecule has 0 aliphatic carbocycles. The SMILES string of the molecule is CCN(CC)C(=O)/C=C(\C)c1ccc(OCc2cccs2)c(OCC(=O)O)c1. The molecule has 2 rings (SSSR count). The van der Waals surface area contributed by atoms with E-state index in [0.29, 0.717) is 31.2 Å². The molecule has 2 aromatic rings. The van der Waals surface area contributed by atoms with Gasteiger partial charge >= 0.3 is 5.97 Å². The number of carbonyl (C=O) groups is 2. The molecule has 0 atom stereocenters. The van der Waals surface area contributed by atoms with Crippen LogP contribution in [0.4, 0.5) is 0 Å². The molecule has 0 aliphatic heterocycles. The molecule has 1 N–H and O–H groups in total. The summed E-state index contributed by atoms with van der Waals surface area (Å²) in [6.07, 6.45) is 1.58. The van der Waals surface area contributed by atoms with E-state index in [1.54, 1.807) is 34.4 Å². The monoisotopic (exact) mass is 403 g/mol. The zero-order valence-corrected chi connectivity index (χ0v) is 17.1. The van der Waals surface area contributed by atoms with E-state index in [9.17, 15) is 9.59 Å². The van der Waals surface area contributed by atoms with Crippen molar-refractivity contribution in [3.05, 3.63) is 52.2 Å². The summed E-state index contributed by atoms with van der Waals surface area (Å²) in [6.45, 7) is 6.88. The molecule has 0 fully saturated rings. The Balaban J connectivity index is 2.23. The highest BCUT2D eigenvalue weighted by Crippen LogP contribution is 2.32. The van der Waals surface area contributed by atoms with Crippen LogP contribution in [0.1, 0.15) is 31.2 Å². The summed E-state index contributed by atoms with van der Waals surface area (Å²) in [5, 5.41) is 10.9. The second kappa shape index (κ2) is 10.5. The molecule has 0 saturated heterocycles. The number of carboxylic acids is 1. The van der Waals surface area contributed by atoms with Crippen molar-refractivity contribution in [2.75, 3.05) is 19.7 Å². The number of hydrogen-bond donors (Lipinski definition) is 1. The van der Waals surface area contributed by atoms with Crippen molar-refractivity contribution in [1.29, 1.82) is 0 Å². The van der Waals surface area contributed by atoms with Crippen LogP contribution in [-0.4, -0.2) is 41.6 Å². The average Bonchev–Trinajstić information content (AvgIpc) is 3.19. The van der Waals surface area contributed by atoms with Gasteiger partial charge in [-0.25, -0.2) is 4.79 Å². The highest BCUT2D eigenvalue weighted by molar-refractivity contribution is 7.09. The molecule has 1 heterocycles. The largest absolute Gasteiger partial charge is 0.484 e. The Morgan fingerprint density at radius 2 is 1.89 bits per heavy atom. The van der Waals surface area contributed by atoms with Gasteiger partial charge in [0.05, 0.1) is 0 Å². The molecule has 0 unspecified atom stereocenters. The molecule has 150 valence electrons. The minimum Gasteiger partial charge on any atom is -0.484 e. The molecular weight excluding hydrogens is 378 g/mol. The van der Waals surface area contributed by atoms with Crippen LogP contribution in [-0.2, 0) is 16.2 Å². The molecule has 0 aliphatic rings. The lowest BCUT2D eigenvalue weighted by Gasteiger charge is -2.17. The summed E-state index contributed by atoms with van der Waals surface area (Å²) in [5.41, 5.74) is 1.53. The maximum atomic E-state index is 12.3. The molecule has 6 nitrogen and oxygen atoms in total. The van der Waals surface area contributed by atoms with Crippen LogP contribution < -0.4 is 9.47 Å². The molecule has 0 saturated carbocycles. The Hall–Kier alpha value is -2.80. The van der Waals surface area contributed by atoms with Crippen molar-refractivity contribution in [2.45, 2.75) is 27.4 Å². The summed E-state index contributed by atoms with van der Waals surface area (Å²) < 4.78 is 11.2. The van der Waals surface area contributed by atoms with Gasteiger partial charge in [0.15, 0.2) is 18.1 Å². The second-order valence-corrected chi connectivity index (χ2v) is 7.08. The van der Waals surface area contributed by atoms with Gasteiger partial charge in [-0.05, 0) is 55.5 Å². The van der Waals surface area contributed by atoms with Crippen LogP contribution in [0, 0.1) is 0 Å². The lowest BCUT2D eigenvalue weighted by atomic mass is 10.1. The molecule has 0 spiro atoms. The summed E-state index contributed by atoms with van der Waals surface area (Å²) in [7, 11) is 0. The smallest absolute Gasteiger partial charge is 0.341 e. The Morgan fingerprint density at radius 3 is 2.50 bits per heavy atom. The van der Waals surface area contributed by atoms with Crippen LogP contribution in [0.5, 0.6) is 11.5 Å². The highest BCUT2D eigenvalue weighted by atomic mass is 32.1. The Bertz CT molecular complexity index is 825. The van der Waals surface area contributed by atoms with E-state index >= 15 is 0 Å². The van der Waals surface area contributed by atoms with Crippen molar-refractivity contribution >= 4 is 28.8 Å². The number of hydrogen-bond acceptors (Lipinski definition) is 5. The van der Waals surface area contributed by atoms with Gasteiger partial charge in [-0.1, -0.05) is 12.1 Å². The van der Waals surface area contributed by atoms with Crippen molar-refractivity contribution in [3.8, 4) is 11.5 Å². The first kappa shape index (κ1) is 21.5. The van der Waals surface area contributed by atoms with Crippen molar-refractivity contribution in [1.82, 2.24) is 4.90 Å². The lowest BCUT2D eigenvalue weighted by Crippen LogP contribution is -2.28. The van der Waals surface area contributed by atoms with Crippen molar-refractivity contribution in [3.63, 3.8) is 0 Å². The van der Waals surface area contributed by atoms with E-state index in [1.807, 2.05) is 44.4 Å². The number of nitrogens with zero attached hydrogens (tertiary/aromatic N) is 1. The van der Waals surface area contributed by atoms with Crippen LogP contribution in [0.25, 0.3) is 5.57 Å². The number of allylic oxidation sites excluding steroid dienone is 1. The summed E-state index contributed by atoms with van der Waals surface area (Å²) in [6, 6.07) is 9.17. The Kier molecular flexibility index (Phi) is 8.07. The number of aliphatic carboxylic acids is 1. The summed E-state index contributed by atoms with van der Waals surface area (Å²) in [4.78, 5) is 26.0. The normalized spacial score (nSPS) is 11.2. The van der Waals surface area contributed by atoms with E-state index in [4.69, 9.17) is 14.6 Å². The molecule has 1 aromatic carbocycles. The Labute approximate surface area is 169 Å². The fraction of sp³-hybridized carbons (Fsp3) is 0.333. The van der Waals surface area contributed by atoms with Crippen LogP contribution in [0.2, 0.25) is 0 Å². The van der Waals surface area contributed by atoms with Gasteiger partial charge in [0.2, 0.25) is 5.91 Å². The number of amides is 1. The maximum Gasteiger partial charge on any atom is 0.341 e. The van der Waals surface area contributed by atoms with Crippen molar-refractivity contribution in [2.24, 2.45) is 0 Å². The number of rotatable bonds is 10. The topological polar surface area (TPSA) is 76.1 Å². The molecule has 0 radical (unpaired) electrons. The summed E-state index contributed by atoms with van der Waals surface area (Å²) >= 11 is 1.58. The fourth-order valence-electron chi connectivity index (χ4n) is 2.56. The quantitative estimate of drug-likeness (QED) is 0.606. The first-order valence-corrected chi connectivity index (χ1v) is 9.94. The number of carboxylic acid groups (broad SMARTS) is 1. The molecule has 1 aromatic heterocycles. The van der Waals surface area contributed by atoms with Crippen molar-refractivity contribution < 1.29 is 24.2 Å². The predicted octanol–water partition coefficient (Wildman–Crippen LogP) is 4.06. The van der Waals surface area contributed by atoms with E-state index in [-0.39, 0.29) is 5.91 Å². The zero-order valence-electron chi connectivity index (χ0n) is 16.3. The van der Waals surface area contributed by atoms with Gasteiger partial charge in [-0.2, -0.15) is 0 Å². The Morgan fingerprint density at radius 1 is 1.14 bits per heavy atom. The first-order chi connectivity index (χ1) is 13.4. The van der Waals surface area contributed by atoms with Gasteiger partial charge in [0.25, 0.3) is 0 Å². The third-order valence-electron chi connectivity index (χ3n) is 4.12. The molecular formula is C21H25NO5S. The highest BCUT2D eigenvalue weighted by Gasteiger charge is 2.12. The number of ether oxygens (including phenoxy) is 2. The zero-order chi connectivity index (χ0) is 20.5. The van der Waals surface area contributed by atoms with Gasteiger partial charge < -0.3 is 19.5 Å². The van der Waals surface area contributed by atoms with Crippen LogP contribution in [0.3, 0.4) is 0 Å². The minimum absolute atomic E-state index is 0.0615. The fourth-order valence-corrected chi connectivity index (χ4v) is 3.18. The summed E-state index contributed by atoms with van der Waals surface area (Å²) in [5.74, 6) is -0.340. The predicted molar refractivity (Wildman–Crippen MR) is 110 cm³/mol. The number of carbonyl (C=O) groups excluding carboxylic acids is 1. The van der Waals surface area contributed by atoms with Gasteiger partial charge in [0.1, 0.15) is 6.61 Å². The maximum absolute atomic E-state index is 12.3. The second-order valence-electron chi connectivity index (χ2n) is 6.05. The lowest BCUT2D eigenvalue weighted by molar-refractivity contribution is -0.139. The molecule has 0 bridgehead atoms. The molecule has 7 heteroatoms. The minimum atomic E-state index is -1.07. The third-order valence-corrected chi connectivity index (χ3v) is 4.97. The number of thiophene rings is 1. The van der Waals surface area contributed by atoms with E-state index in [0.717, 1.165) is 16.0 Å². The third kappa shape index (κ3) is 6.13. The molecule has 1 amide bonds. The van der Waals surface area contributed by atoms with Gasteiger partial charge in [-0.3, -0.25) is 4.79 Å². The van der Waals surface area contributed by atoms with E-state index in [2.05, 4.69) is 0 Å². The van der Waals surface area contributed by atoms with Gasteiger partial charge in [0, 0.05) is 24.0 Å².